The highest BCUT2D eigenvalue weighted by Crippen LogP contribution is 2.39. The Hall–Kier alpha value is -2.04. The van der Waals surface area contributed by atoms with Crippen molar-refractivity contribution in [2.75, 3.05) is 0 Å². The van der Waals surface area contributed by atoms with E-state index in [2.05, 4.69) is 0 Å². The lowest BCUT2D eigenvalue weighted by Crippen LogP contribution is -1.91. The Bertz CT molecular complexity index is 835. The van der Waals surface area contributed by atoms with Gasteiger partial charge in [-0.2, -0.15) is 0 Å². The summed E-state index contributed by atoms with van der Waals surface area (Å²) in [6.45, 7) is 0. The Labute approximate surface area is 130 Å². The second kappa shape index (κ2) is 5.76. The van der Waals surface area contributed by atoms with Crippen LogP contribution in [0.5, 0.6) is 0 Å². The van der Waals surface area contributed by atoms with Crippen molar-refractivity contribution in [3.8, 4) is 0 Å². The van der Waals surface area contributed by atoms with E-state index in [0.29, 0.717) is 4.90 Å². The second-order valence-electron chi connectivity index (χ2n) is 4.45. The van der Waals surface area contributed by atoms with Crippen molar-refractivity contribution in [2.24, 2.45) is 0 Å². The number of rotatable bonds is 3. The molecule has 0 spiro atoms. The summed E-state index contributed by atoms with van der Waals surface area (Å²) in [5.41, 5.74) is -0.0441. The van der Waals surface area contributed by atoms with Crippen LogP contribution in [0.3, 0.4) is 0 Å². The number of hydrogen-bond donors (Lipinski definition) is 0. The summed E-state index contributed by atoms with van der Waals surface area (Å²) in [7, 11) is 0. The van der Waals surface area contributed by atoms with E-state index in [1.54, 1.807) is 12.1 Å². The van der Waals surface area contributed by atoms with Crippen molar-refractivity contribution in [1.82, 2.24) is 0 Å². The van der Waals surface area contributed by atoms with E-state index >= 15 is 0 Å². The topological polar surface area (TPSA) is 43.1 Å². The third kappa shape index (κ3) is 2.86. The molecule has 0 heterocycles. The molecule has 0 radical (unpaired) electrons. The largest absolute Gasteiger partial charge is 0.301 e. The molecule has 0 saturated heterocycles. The van der Waals surface area contributed by atoms with Crippen LogP contribution in [0.2, 0.25) is 5.02 Å². The molecule has 3 aromatic carbocycles. The summed E-state index contributed by atoms with van der Waals surface area (Å²) in [6.07, 6.45) is 0. The van der Waals surface area contributed by atoms with Crippen LogP contribution in [0.25, 0.3) is 10.8 Å². The summed E-state index contributed by atoms with van der Waals surface area (Å²) in [6, 6.07) is 19.0. The van der Waals surface area contributed by atoms with Crippen molar-refractivity contribution in [3.05, 3.63) is 75.8 Å². The van der Waals surface area contributed by atoms with Gasteiger partial charge >= 0.3 is 5.69 Å². The van der Waals surface area contributed by atoms with E-state index in [-0.39, 0.29) is 10.7 Å². The first-order valence-corrected chi connectivity index (χ1v) is 7.44. The quantitative estimate of drug-likeness (QED) is 0.470. The van der Waals surface area contributed by atoms with Crippen LogP contribution >= 0.6 is 23.4 Å². The molecule has 0 amide bonds. The molecule has 0 fully saturated rings. The molecule has 21 heavy (non-hydrogen) atoms. The Morgan fingerprint density at radius 3 is 2.48 bits per heavy atom. The van der Waals surface area contributed by atoms with Crippen LogP contribution in [0.4, 0.5) is 5.69 Å². The third-order valence-corrected chi connectivity index (χ3v) is 4.43. The van der Waals surface area contributed by atoms with E-state index in [0.717, 1.165) is 15.7 Å². The molecule has 0 aliphatic carbocycles. The van der Waals surface area contributed by atoms with Gasteiger partial charge in [-0.1, -0.05) is 59.8 Å². The number of nitro groups is 1. The lowest BCUT2D eigenvalue weighted by Gasteiger charge is -2.05. The molecule has 0 aromatic heterocycles. The Morgan fingerprint density at radius 1 is 0.952 bits per heavy atom. The van der Waals surface area contributed by atoms with Crippen molar-refractivity contribution in [3.63, 3.8) is 0 Å². The maximum absolute atomic E-state index is 11.2. The van der Waals surface area contributed by atoms with Crippen LogP contribution in [0, 0.1) is 10.1 Å². The van der Waals surface area contributed by atoms with Gasteiger partial charge in [0.25, 0.3) is 0 Å². The van der Waals surface area contributed by atoms with Crippen LogP contribution < -0.4 is 0 Å². The maximum atomic E-state index is 11.2. The third-order valence-electron chi connectivity index (χ3n) is 3.08. The average Bonchev–Trinajstić information content (AvgIpc) is 2.47. The highest BCUT2D eigenvalue weighted by molar-refractivity contribution is 7.99. The van der Waals surface area contributed by atoms with Gasteiger partial charge in [-0.15, -0.1) is 0 Å². The smallest absolute Gasteiger partial charge is 0.258 e. The number of benzene rings is 3. The molecule has 3 rings (SSSR count). The normalized spacial score (nSPS) is 10.7. The lowest BCUT2D eigenvalue weighted by atomic mass is 10.1. The van der Waals surface area contributed by atoms with Gasteiger partial charge in [0, 0.05) is 4.90 Å². The summed E-state index contributed by atoms with van der Waals surface area (Å²) in [4.78, 5) is 12.2. The average molecular weight is 316 g/mol. The molecule has 0 aliphatic heterocycles. The van der Waals surface area contributed by atoms with Crippen LogP contribution in [-0.2, 0) is 0 Å². The monoisotopic (exact) mass is 315 g/mol. The SMILES string of the molecule is O=[N+]([O-])c1c(Cl)cccc1Sc1ccc2ccccc2c1. The van der Waals surface area contributed by atoms with Gasteiger partial charge in [0.2, 0.25) is 0 Å². The molecule has 0 saturated carbocycles. The summed E-state index contributed by atoms with van der Waals surface area (Å²) in [5.74, 6) is 0. The molecule has 5 heteroatoms. The lowest BCUT2D eigenvalue weighted by molar-refractivity contribution is -0.387. The Kier molecular flexibility index (Phi) is 3.82. The summed E-state index contributed by atoms with van der Waals surface area (Å²) >= 11 is 7.28. The van der Waals surface area contributed by atoms with Gasteiger partial charge in [-0.3, -0.25) is 10.1 Å². The first-order chi connectivity index (χ1) is 10.1. The van der Waals surface area contributed by atoms with Crippen molar-refractivity contribution >= 4 is 39.8 Å². The number of halogens is 1. The molecular weight excluding hydrogens is 306 g/mol. The predicted octanol–water partition coefficient (Wildman–Crippen LogP) is 5.55. The first kappa shape index (κ1) is 13.9. The van der Waals surface area contributed by atoms with E-state index in [1.165, 1.54) is 17.8 Å². The minimum atomic E-state index is -0.439. The number of fused-ring (bicyclic) bond motifs is 1. The molecule has 0 bridgehead atoms. The number of nitro benzene ring substituents is 1. The standard InChI is InChI=1S/C16H10ClNO2S/c17-14-6-3-7-15(16(14)18(19)20)21-13-9-8-11-4-1-2-5-12(11)10-13/h1-10H. The summed E-state index contributed by atoms with van der Waals surface area (Å²) < 4.78 is 0. The fraction of sp³-hybridized carbons (Fsp3) is 0. The zero-order valence-corrected chi connectivity index (χ0v) is 12.4. The predicted molar refractivity (Wildman–Crippen MR) is 86.2 cm³/mol. The molecule has 3 aromatic rings. The van der Waals surface area contributed by atoms with Gasteiger partial charge in [0.1, 0.15) is 5.02 Å². The molecular formula is C16H10ClNO2S. The Balaban J connectivity index is 2.02. The van der Waals surface area contributed by atoms with Gasteiger partial charge in [0.15, 0.2) is 0 Å². The summed E-state index contributed by atoms with van der Waals surface area (Å²) in [5, 5.41) is 13.6. The zero-order valence-electron chi connectivity index (χ0n) is 10.8. The number of hydrogen-bond acceptors (Lipinski definition) is 3. The van der Waals surface area contributed by atoms with Crippen LogP contribution in [-0.4, -0.2) is 4.92 Å². The van der Waals surface area contributed by atoms with Gasteiger partial charge in [-0.25, -0.2) is 0 Å². The highest BCUT2D eigenvalue weighted by Gasteiger charge is 2.19. The van der Waals surface area contributed by atoms with Gasteiger partial charge in [-0.05, 0) is 35.0 Å². The first-order valence-electron chi connectivity index (χ1n) is 6.25. The van der Waals surface area contributed by atoms with E-state index in [4.69, 9.17) is 11.6 Å². The Morgan fingerprint density at radius 2 is 1.71 bits per heavy atom. The van der Waals surface area contributed by atoms with E-state index in [9.17, 15) is 10.1 Å². The fourth-order valence-electron chi connectivity index (χ4n) is 2.11. The van der Waals surface area contributed by atoms with Crippen molar-refractivity contribution < 1.29 is 4.92 Å². The van der Waals surface area contributed by atoms with E-state index in [1.807, 2.05) is 42.5 Å². The van der Waals surface area contributed by atoms with Crippen molar-refractivity contribution in [1.29, 1.82) is 0 Å². The number of nitrogens with zero attached hydrogens (tertiary/aromatic N) is 1. The molecule has 0 N–H and O–H groups in total. The molecule has 0 atom stereocenters. The number of para-hydroxylation sites is 1. The molecule has 0 aliphatic rings. The molecule has 3 nitrogen and oxygen atoms in total. The van der Waals surface area contributed by atoms with Gasteiger partial charge < -0.3 is 0 Å². The van der Waals surface area contributed by atoms with E-state index < -0.39 is 4.92 Å². The maximum Gasteiger partial charge on any atom is 0.301 e. The van der Waals surface area contributed by atoms with Crippen LogP contribution in [0.1, 0.15) is 0 Å². The second-order valence-corrected chi connectivity index (χ2v) is 5.98. The molecule has 0 unspecified atom stereocenters. The fourth-order valence-corrected chi connectivity index (χ4v) is 3.42. The highest BCUT2D eigenvalue weighted by atomic mass is 35.5. The zero-order chi connectivity index (χ0) is 14.8. The molecule has 104 valence electrons. The minimum Gasteiger partial charge on any atom is -0.258 e. The minimum absolute atomic E-state index is 0.0441. The van der Waals surface area contributed by atoms with Crippen molar-refractivity contribution in [2.45, 2.75) is 9.79 Å². The van der Waals surface area contributed by atoms with Crippen LogP contribution in [0.15, 0.2) is 70.5 Å². The van der Waals surface area contributed by atoms with Gasteiger partial charge in [0.05, 0.1) is 9.82 Å².